The van der Waals surface area contributed by atoms with Crippen molar-refractivity contribution in [2.75, 3.05) is 7.11 Å². The zero-order valence-electron chi connectivity index (χ0n) is 15.1. The van der Waals surface area contributed by atoms with Crippen LogP contribution in [-0.2, 0) is 5.60 Å². The number of ether oxygens (including phenoxy) is 1. The molecule has 140 valence electrons. The average molecular weight is 368 g/mol. The summed E-state index contributed by atoms with van der Waals surface area (Å²) in [4.78, 5) is 16.4. The van der Waals surface area contributed by atoms with Gasteiger partial charge in [0.2, 0.25) is 0 Å². The van der Waals surface area contributed by atoms with Crippen molar-refractivity contribution in [1.82, 2.24) is 19.9 Å². The summed E-state index contributed by atoms with van der Waals surface area (Å²) in [6.45, 7) is 0. The van der Waals surface area contributed by atoms with E-state index in [0.29, 0.717) is 35.7 Å². The van der Waals surface area contributed by atoms with Crippen LogP contribution in [0.2, 0.25) is 0 Å². The zero-order valence-corrected chi connectivity index (χ0v) is 15.1. The number of halogens is 1. The Morgan fingerprint density at radius 3 is 2.52 bits per heavy atom. The van der Waals surface area contributed by atoms with Crippen LogP contribution in [0.25, 0.3) is 22.6 Å². The van der Waals surface area contributed by atoms with Crippen LogP contribution in [0.1, 0.15) is 37.9 Å². The van der Waals surface area contributed by atoms with Crippen LogP contribution in [0, 0.1) is 5.82 Å². The smallest absolute Gasteiger partial charge is 0.316 e. The highest BCUT2D eigenvalue weighted by Gasteiger charge is 2.35. The van der Waals surface area contributed by atoms with E-state index in [-0.39, 0.29) is 11.8 Å². The van der Waals surface area contributed by atoms with Crippen LogP contribution in [-0.4, -0.2) is 32.2 Å². The maximum Gasteiger partial charge on any atom is 0.316 e. The molecule has 3 aromatic rings. The molecule has 1 aromatic carbocycles. The van der Waals surface area contributed by atoms with Gasteiger partial charge in [-0.1, -0.05) is 19.3 Å². The maximum absolute atomic E-state index is 13.4. The van der Waals surface area contributed by atoms with E-state index in [9.17, 15) is 9.50 Å². The first-order valence-electron chi connectivity index (χ1n) is 9.05. The minimum Gasteiger partial charge on any atom is -0.467 e. The third-order valence-electron chi connectivity index (χ3n) is 5.02. The molecule has 0 aliphatic heterocycles. The number of nitrogens with one attached hydrogen (secondary N) is 1. The molecule has 0 atom stereocenters. The Morgan fingerprint density at radius 1 is 1.07 bits per heavy atom. The standard InChI is InChI=1S/C20H21FN4O2/c1-27-19-22-12-9-15(23-19)17-16(13-5-7-14(21)8-6-13)24-18(25-17)20(26)10-3-2-4-11-20/h5-9,12,26H,2-4,10-11H2,1H3,(H,24,25). The summed E-state index contributed by atoms with van der Waals surface area (Å²) in [6.07, 6.45) is 5.96. The maximum atomic E-state index is 13.4. The van der Waals surface area contributed by atoms with Crippen molar-refractivity contribution >= 4 is 0 Å². The van der Waals surface area contributed by atoms with E-state index >= 15 is 0 Å². The number of rotatable bonds is 4. The lowest BCUT2D eigenvalue weighted by atomic mass is 9.84. The molecule has 0 saturated heterocycles. The Balaban J connectivity index is 1.85. The van der Waals surface area contributed by atoms with E-state index in [2.05, 4.69) is 15.0 Å². The number of aliphatic hydroxyl groups is 1. The largest absolute Gasteiger partial charge is 0.467 e. The molecule has 2 aromatic heterocycles. The fourth-order valence-electron chi connectivity index (χ4n) is 3.55. The van der Waals surface area contributed by atoms with Gasteiger partial charge in [0.25, 0.3) is 0 Å². The number of aromatic nitrogens is 4. The van der Waals surface area contributed by atoms with Crippen LogP contribution in [0.5, 0.6) is 6.01 Å². The Hall–Kier alpha value is -2.80. The number of nitrogens with zero attached hydrogens (tertiary/aromatic N) is 3. The van der Waals surface area contributed by atoms with E-state index in [1.807, 2.05) is 0 Å². The molecule has 0 spiro atoms. The number of imidazole rings is 1. The van der Waals surface area contributed by atoms with Crippen molar-refractivity contribution in [3.05, 3.63) is 48.2 Å². The van der Waals surface area contributed by atoms with Crippen LogP contribution in [0.3, 0.4) is 0 Å². The SMILES string of the molecule is COc1nccc(-c2[nH]c(C3(O)CCCCC3)nc2-c2ccc(F)cc2)n1. The molecule has 27 heavy (non-hydrogen) atoms. The number of aromatic amines is 1. The van der Waals surface area contributed by atoms with E-state index in [1.54, 1.807) is 24.4 Å². The van der Waals surface area contributed by atoms with E-state index in [0.717, 1.165) is 24.8 Å². The third-order valence-corrected chi connectivity index (χ3v) is 5.02. The molecular weight excluding hydrogens is 347 g/mol. The van der Waals surface area contributed by atoms with Crippen molar-refractivity contribution in [3.63, 3.8) is 0 Å². The fraction of sp³-hybridized carbons (Fsp3) is 0.350. The van der Waals surface area contributed by atoms with Crippen molar-refractivity contribution in [2.24, 2.45) is 0 Å². The highest BCUT2D eigenvalue weighted by atomic mass is 19.1. The number of benzene rings is 1. The topological polar surface area (TPSA) is 83.9 Å². The summed E-state index contributed by atoms with van der Waals surface area (Å²) >= 11 is 0. The van der Waals surface area contributed by atoms with Crippen LogP contribution in [0.4, 0.5) is 4.39 Å². The van der Waals surface area contributed by atoms with Gasteiger partial charge in [0.1, 0.15) is 17.2 Å². The molecule has 1 fully saturated rings. The van der Waals surface area contributed by atoms with Crippen LogP contribution < -0.4 is 4.74 Å². The summed E-state index contributed by atoms with van der Waals surface area (Å²) in [7, 11) is 1.50. The zero-order chi connectivity index (χ0) is 18.9. The first-order chi connectivity index (χ1) is 13.1. The molecule has 1 aliphatic rings. The van der Waals surface area contributed by atoms with Gasteiger partial charge in [-0.3, -0.25) is 0 Å². The van der Waals surface area contributed by atoms with Gasteiger partial charge in [-0.2, -0.15) is 4.98 Å². The van der Waals surface area contributed by atoms with Crippen molar-refractivity contribution in [1.29, 1.82) is 0 Å². The molecule has 1 aliphatic carbocycles. The highest BCUT2D eigenvalue weighted by Crippen LogP contribution is 2.39. The summed E-state index contributed by atoms with van der Waals surface area (Å²) in [5.74, 6) is 0.208. The summed E-state index contributed by atoms with van der Waals surface area (Å²) < 4.78 is 18.5. The monoisotopic (exact) mass is 368 g/mol. The first-order valence-corrected chi connectivity index (χ1v) is 9.05. The molecule has 0 bridgehead atoms. The molecule has 7 heteroatoms. The molecule has 0 amide bonds. The molecule has 0 radical (unpaired) electrons. The van der Waals surface area contributed by atoms with Gasteiger partial charge < -0.3 is 14.8 Å². The summed E-state index contributed by atoms with van der Waals surface area (Å²) in [6, 6.07) is 8.11. The lowest BCUT2D eigenvalue weighted by Crippen LogP contribution is -2.29. The Bertz CT molecular complexity index is 933. The molecule has 2 N–H and O–H groups in total. The minimum absolute atomic E-state index is 0.241. The van der Waals surface area contributed by atoms with Gasteiger partial charge >= 0.3 is 6.01 Å². The Morgan fingerprint density at radius 2 is 1.81 bits per heavy atom. The van der Waals surface area contributed by atoms with E-state index in [1.165, 1.54) is 19.2 Å². The van der Waals surface area contributed by atoms with Gasteiger partial charge in [-0.05, 0) is 43.2 Å². The molecule has 6 nitrogen and oxygen atoms in total. The molecule has 2 heterocycles. The van der Waals surface area contributed by atoms with E-state index < -0.39 is 5.60 Å². The predicted octanol–water partition coefficient (Wildman–Crippen LogP) is 3.83. The number of H-pyrrole nitrogens is 1. The third kappa shape index (κ3) is 3.42. The normalized spacial score (nSPS) is 16.3. The highest BCUT2D eigenvalue weighted by molar-refractivity contribution is 5.76. The van der Waals surface area contributed by atoms with Gasteiger partial charge in [0.15, 0.2) is 0 Å². The lowest BCUT2D eigenvalue weighted by Gasteiger charge is -2.29. The van der Waals surface area contributed by atoms with Crippen molar-refractivity contribution in [3.8, 4) is 28.7 Å². The van der Waals surface area contributed by atoms with Gasteiger partial charge in [-0.15, -0.1) is 0 Å². The second-order valence-electron chi connectivity index (χ2n) is 6.84. The second-order valence-corrected chi connectivity index (χ2v) is 6.84. The quantitative estimate of drug-likeness (QED) is 0.731. The molecule has 1 saturated carbocycles. The van der Waals surface area contributed by atoms with Gasteiger partial charge in [0, 0.05) is 11.8 Å². The predicted molar refractivity (Wildman–Crippen MR) is 98.5 cm³/mol. The van der Waals surface area contributed by atoms with Crippen LogP contribution >= 0.6 is 0 Å². The van der Waals surface area contributed by atoms with E-state index in [4.69, 9.17) is 9.72 Å². The number of hydrogen-bond donors (Lipinski definition) is 2. The average Bonchev–Trinajstić information content (AvgIpc) is 3.15. The van der Waals surface area contributed by atoms with Gasteiger partial charge in [-0.25, -0.2) is 14.4 Å². The number of methoxy groups -OCH3 is 1. The first kappa shape index (κ1) is 17.6. The van der Waals surface area contributed by atoms with Crippen molar-refractivity contribution in [2.45, 2.75) is 37.7 Å². The Kier molecular flexibility index (Phi) is 4.61. The molecular formula is C20H21FN4O2. The summed E-state index contributed by atoms with van der Waals surface area (Å²) in [5.41, 5.74) is 1.62. The summed E-state index contributed by atoms with van der Waals surface area (Å²) in [5, 5.41) is 11.1. The van der Waals surface area contributed by atoms with Crippen LogP contribution in [0.15, 0.2) is 36.5 Å². The Labute approximate surface area is 156 Å². The fourth-order valence-corrected chi connectivity index (χ4v) is 3.55. The molecule has 0 unspecified atom stereocenters. The second kappa shape index (κ2) is 7.08. The molecule has 4 rings (SSSR count). The lowest BCUT2D eigenvalue weighted by molar-refractivity contribution is -0.00808. The number of hydrogen-bond acceptors (Lipinski definition) is 5. The van der Waals surface area contributed by atoms with Crippen molar-refractivity contribution < 1.29 is 14.2 Å². The minimum atomic E-state index is -0.984. The van der Waals surface area contributed by atoms with Gasteiger partial charge in [0.05, 0.1) is 24.2 Å².